The normalized spacial score (nSPS) is 12.2. The van der Waals surface area contributed by atoms with Gasteiger partial charge in [0.05, 0.1) is 4.90 Å². The minimum atomic E-state index is -4.06. The van der Waals surface area contributed by atoms with Crippen molar-refractivity contribution in [2.75, 3.05) is 25.5 Å². The molecule has 3 rings (SSSR count). The predicted octanol–water partition coefficient (Wildman–Crippen LogP) is 2.35. The fraction of sp³-hybridized carbons (Fsp3) is 0.280. The van der Waals surface area contributed by atoms with Crippen molar-refractivity contribution in [1.29, 1.82) is 0 Å². The molecule has 1 unspecified atom stereocenters. The topological polar surface area (TPSA) is 140 Å². The van der Waals surface area contributed by atoms with Gasteiger partial charge in [-0.1, -0.05) is 54.6 Å². The lowest BCUT2D eigenvalue weighted by molar-refractivity contribution is -0.147. The van der Waals surface area contributed by atoms with Crippen molar-refractivity contribution < 1.29 is 17.9 Å². The average molecular weight is 498 g/mol. The maximum Gasteiger partial charge on any atom is 0.324 e. The molecule has 3 aromatic rings. The molecule has 0 aliphatic heterocycles. The van der Waals surface area contributed by atoms with Crippen molar-refractivity contribution >= 4 is 38.4 Å². The zero-order chi connectivity index (χ0) is 25.4. The summed E-state index contributed by atoms with van der Waals surface area (Å²) in [7, 11) is -0.280. The molecule has 9 nitrogen and oxygen atoms in total. The number of guanidine groups is 1. The van der Waals surface area contributed by atoms with Crippen LogP contribution in [0.4, 0.5) is 5.69 Å². The Morgan fingerprint density at radius 1 is 1.00 bits per heavy atom. The number of carbonyl (C=O) groups is 1. The number of hydrogen-bond acceptors (Lipinski definition) is 6. The zero-order valence-electron chi connectivity index (χ0n) is 19.8. The molecule has 186 valence electrons. The van der Waals surface area contributed by atoms with E-state index in [0.717, 1.165) is 16.6 Å². The second kappa shape index (κ2) is 11.7. The first-order valence-corrected chi connectivity index (χ1v) is 12.6. The molecule has 35 heavy (non-hydrogen) atoms. The largest absolute Gasteiger partial charge is 0.460 e. The summed E-state index contributed by atoms with van der Waals surface area (Å²) in [6.45, 7) is 0.291. The first-order chi connectivity index (χ1) is 16.7. The van der Waals surface area contributed by atoms with Gasteiger partial charge in [-0.05, 0) is 30.5 Å². The second-order valence-electron chi connectivity index (χ2n) is 8.24. The van der Waals surface area contributed by atoms with Gasteiger partial charge in [-0.3, -0.25) is 9.79 Å². The fourth-order valence-electron chi connectivity index (χ4n) is 3.70. The van der Waals surface area contributed by atoms with E-state index in [2.05, 4.69) is 9.71 Å². The number of benzene rings is 3. The summed E-state index contributed by atoms with van der Waals surface area (Å²) in [6, 6.07) is 18.6. The summed E-state index contributed by atoms with van der Waals surface area (Å²) in [5.41, 5.74) is 12.4. The van der Waals surface area contributed by atoms with Crippen LogP contribution >= 0.6 is 0 Å². The van der Waals surface area contributed by atoms with Crippen molar-refractivity contribution in [2.45, 2.75) is 30.4 Å². The molecule has 0 aromatic heterocycles. The predicted molar refractivity (Wildman–Crippen MR) is 139 cm³/mol. The van der Waals surface area contributed by atoms with E-state index in [1.807, 2.05) is 61.5 Å². The summed E-state index contributed by atoms with van der Waals surface area (Å²) in [6.07, 6.45) is 0.545. The standard InChI is InChI=1S/C25H31N5O4S/c1-30(2)22-14-6-12-20-19(22)11-7-15-23(20)35(32,33)29-21(13-8-16-28-25(26)27)24(31)34-17-18-9-4-3-5-10-18/h3-7,9-12,14-15,21,29H,8,13,16-17H2,1-2H3,(H4,26,27,28). The molecular formula is C25H31N5O4S. The molecule has 0 amide bonds. The lowest BCUT2D eigenvalue weighted by Gasteiger charge is -2.20. The summed E-state index contributed by atoms with van der Waals surface area (Å²) >= 11 is 0. The number of fused-ring (bicyclic) bond motifs is 1. The average Bonchev–Trinajstić information content (AvgIpc) is 2.84. The van der Waals surface area contributed by atoms with Crippen molar-refractivity contribution in [3.63, 3.8) is 0 Å². The van der Waals surface area contributed by atoms with Gasteiger partial charge >= 0.3 is 5.97 Å². The number of aliphatic imine (C=N–C) groups is 1. The lowest BCUT2D eigenvalue weighted by atomic mass is 10.1. The van der Waals surface area contributed by atoms with Crippen LogP contribution in [-0.2, 0) is 26.2 Å². The molecule has 0 aliphatic carbocycles. The van der Waals surface area contributed by atoms with Gasteiger partial charge in [-0.15, -0.1) is 0 Å². The number of carbonyl (C=O) groups excluding carboxylic acids is 1. The van der Waals surface area contributed by atoms with E-state index >= 15 is 0 Å². The van der Waals surface area contributed by atoms with Crippen LogP contribution < -0.4 is 21.1 Å². The van der Waals surface area contributed by atoms with E-state index in [4.69, 9.17) is 16.2 Å². The van der Waals surface area contributed by atoms with Crippen LogP contribution in [0.3, 0.4) is 0 Å². The van der Waals surface area contributed by atoms with Crippen LogP contribution in [0.2, 0.25) is 0 Å². The number of anilines is 1. The Morgan fingerprint density at radius 3 is 2.37 bits per heavy atom. The summed E-state index contributed by atoms with van der Waals surface area (Å²) in [5, 5.41) is 1.35. The van der Waals surface area contributed by atoms with Crippen molar-refractivity contribution in [2.24, 2.45) is 16.5 Å². The first-order valence-electron chi connectivity index (χ1n) is 11.2. The van der Waals surface area contributed by atoms with Crippen LogP contribution in [0.1, 0.15) is 18.4 Å². The monoisotopic (exact) mass is 497 g/mol. The third-order valence-corrected chi connectivity index (χ3v) is 6.91. The Labute approximate surface area is 205 Å². The van der Waals surface area contributed by atoms with Gasteiger partial charge < -0.3 is 21.1 Å². The van der Waals surface area contributed by atoms with Gasteiger partial charge in [0.1, 0.15) is 12.6 Å². The molecule has 0 aliphatic rings. The van der Waals surface area contributed by atoms with Gasteiger partial charge in [-0.2, -0.15) is 4.72 Å². The molecule has 0 radical (unpaired) electrons. The molecule has 0 saturated carbocycles. The first kappa shape index (κ1) is 26.0. The highest BCUT2D eigenvalue weighted by molar-refractivity contribution is 7.89. The van der Waals surface area contributed by atoms with Crippen molar-refractivity contribution in [3.8, 4) is 0 Å². The number of sulfonamides is 1. The van der Waals surface area contributed by atoms with Crippen LogP contribution in [-0.4, -0.2) is 47.0 Å². The van der Waals surface area contributed by atoms with Crippen LogP contribution in [0.5, 0.6) is 0 Å². The molecule has 10 heteroatoms. The minimum Gasteiger partial charge on any atom is -0.460 e. The van der Waals surface area contributed by atoms with Gasteiger partial charge in [-0.25, -0.2) is 8.42 Å². The number of esters is 1. The molecule has 3 aromatic carbocycles. The molecule has 0 spiro atoms. The third-order valence-electron chi connectivity index (χ3n) is 5.38. The molecule has 5 N–H and O–H groups in total. The van der Waals surface area contributed by atoms with Crippen LogP contribution in [0, 0.1) is 0 Å². The smallest absolute Gasteiger partial charge is 0.324 e. The molecular weight excluding hydrogens is 466 g/mol. The highest BCUT2D eigenvalue weighted by Crippen LogP contribution is 2.30. The van der Waals surface area contributed by atoms with Gasteiger partial charge in [0.2, 0.25) is 10.0 Å². The maximum atomic E-state index is 13.5. The van der Waals surface area contributed by atoms with E-state index in [0.29, 0.717) is 11.8 Å². The zero-order valence-corrected chi connectivity index (χ0v) is 20.7. The van der Waals surface area contributed by atoms with Gasteiger partial charge in [0.15, 0.2) is 5.96 Å². The van der Waals surface area contributed by atoms with Crippen molar-refractivity contribution in [1.82, 2.24) is 4.72 Å². The molecule has 0 bridgehead atoms. The Hall–Kier alpha value is -3.63. The van der Waals surface area contributed by atoms with Crippen molar-refractivity contribution in [3.05, 3.63) is 72.3 Å². The van der Waals surface area contributed by atoms with E-state index in [9.17, 15) is 13.2 Å². The summed E-state index contributed by atoms with van der Waals surface area (Å²) in [4.78, 5) is 18.8. The Bertz CT molecular complexity index is 1290. The molecule has 1 atom stereocenters. The quantitative estimate of drug-likeness (QED) is 0.160. The number of ether oxygens (including phenoxy) is 1. The Kier molecular flexibility index (Phi) is 8.67. The van der Waals surface area contributed by atoms with Crippen LogP contribution in [0.15, 0.2) is 76.6 Å². The van der Waals surface area contributed by atoms with E-state index in [-0.39, 0.29) is 30.4 Å². The van der Waals surface area contributed by atoms with E-state index in [1.54, 1.807) is 18.2 Å². The third kappa shape index (κ3) is 6.93. The van der Waals surface area contributed by atoms with E-state index < -0.39 is 22.0 Å². The molecule has 0 saturated heterocycles. The second-order valence-corrected chi connectivity index (χ2v) is 9.92. The minimum absolute atomic E-state index is 0.0340. The molecule has 0 fully saturated rings. The SMILES string of the molecule is CN(C)c1cccc2c(S(=O)(=O)NC(CCCN=C(N)N)C(=O)OCc3ccccc3)cccc12. The highest BCUT2D eigenvalue weighted by atomic mass is 32.2. The Morgan fingerprint density at radius 2 is 1.69 bits per heavy atom. The summed E-state index contributed by atoms with van der Waals surface area (Å²) in [5.74, 6) is -0.738. The highest BCUT2D eigenvalue weighted by Gasteiger charge is 2.28. The number of hydrogen-bond donors (Lipinski definition) is 3. The number of rotatable bonds is 11. The molecule has 0 heterocycles. The number of nitrogens with one attached hydrogen (secondary N) is 1. The number of nitrogens with two attached hydrogens (primary N) is 2. The Balaban J connectivity index is 1.86. The number of nitrogens with zero attached hydrogens (tertiary/aromatic N) is 2. The van der Waals surface area contributed by atoms with Gasteiger partial charge in [0.25, 0.3) is 0 Å². The van der Waals surface area contributed by atoms with E-state index in [1.165, 1.54) is 6.07 Å². The fourth-order valence-corrected chi connectivity index (χ4v) is 5.14. The maximum absolute atomic E-state index is 13.5. The van der Waals surface area contributed by atoms with Gasteiger partial charge in [0, 0.05) is 37.1 Å². The van der Waals surface area contributed by atoms with Crippen LogP contribution in [0.25, 0.3) is 10.8 Å². The summed E-state index contributed by atoms with van der Waals surface area (Å²) < 4.78 is 34.9. The lowest BCUT2D eigenvalue weighted by Crippen LogP contribution is -2.42.